The van der Waals surface area contributed by atoms with Gasteiger partial charge in [-0.25, -0.2) is 4.79 Å². The first-order chi connectivity index (χ1) is 19.2. The third-order valence-corrected chi connectivity index (χ3v) is 7.10. The fourth-order valence-corrected chi connectivity index (χ4v) is 5.24. The van der Waals surface area contributed by atoms with Crippen molar-refractivity contribution in [3.8, 4) is 17.2 Å². The predicted octanol–water partition coefficient (Wildman–Crippen LogP) is 5.43. The molecule has 1 aliphatic rings. The number of Topliss-reactive ketones (excluding diaryl/α,β-unsaturated/α-hetero) is 1. The number of rotatable bonds is 8. The number of methoxy groups -OCH3 is 4. The normalized spacial score (nSPS) is 16.1. The number of ketones is 1. The summed E-state index contributed by atoms with van der Waals surface area (Å²) in [7, 11) is 5.48. The highest BCUT2D eigenvalue weighted by Crippen LogP contribution is 2.47. The highest BCUT2D eigenvalue weighted by Gasteiger charge is 2.46. The second kappa shape index (κ2) is 11.9. The van der Waals surface area contributed by atoms with Gasteiger partial charge in [-0.05, 0) is 41.5 Å². The van der Waals surface area contributed by atoms with Gasteiger partial charge in [-0.2, -0.15) is 0 Å². The topological polar surface area (TPSA) is 112 Å². The Labute approximate surface area is 240 Å². The number of amides is 1. The molecule has 0 radical (unpaired) electrons. The van der Waals surface area contributed by atoms with Gasteiger partial charge in [0.25, 0.3) is 11.7 Å². The second-order valence-electron chi connectivity index (χ2n) is 8.68. The van der Waals surface area contributed by atoms with E-state index < -0.39 is 29.5 Å². The number of ether oxygens (including phenoxy) is 4. The molecule has 1 atom stereocenters. The maximum atomic E-state index is 13.5. The van der Waals surface area contributed by atoms with E-state index in [2.05, 4.69) is 0 Å². The molecule has 0 spiro atoms. The van der Waals surface area contributed by atoms with Crippen LogP contribution in [0.2, 0.25) is 10.0 Å². The summed E-state index contributed by atoms with van der Waals surface area (Å²) >= 11 is 12.8. The molecular weight excluding hydrogens is 561 g/mol. The fraction of sp³-hybridized carbons (Fsp3) is 0.207. The summed E-state index contributed by atoms with van der Waals surface area (Å²) in [4.78, 5) is 40.1. The molecule has 1 heterocycles. The molecule has 0 bridgehead atoms. The van der Waals surface area contributed by atoms with Crippen molar-refractivity contribution in [2.24, 2.45) is 0 Å². The van der Waals surface area contributed by atoms with Crippen LogP contribution in [0.1, 0.15) is 33.1 Å². The van der Waals surface area contributed by atoms with Gasteiger partial charge in [-0.15, -0.1) is 0 Å². The second-order valence-corrected chi connectivity index (χ2v) is 9.46. The molecule has 208 valence electrons. The van der Waals surface area contributed by atoms with Crippen LogP contribution in [0.15, 0.2) is 60.2 Å². The first-order valence-corrected chi connectivity index (χ1v) is 12.6. The number of carbonyl (C=O) groups is 3. The number of likely N-dealkylation sites (tertiary alicyclic amines) is 1. The highest BCUT2D eigenvalue weighted by molar-refractivity contribution is 6.47. The molecule has 1 N–H and O–H groups in total. The van der Waals surface area contributed by atoms with Crippen LogP contribution in [0.25, 0.3) is 5.76 Å². The lowest BCUT2D eigenvalue weighted by Gasteiger charge is -2.26. The molecule has 11 heteroatoms. The van der Waals surface area contributed by atoms with Crippen LogP contribution >= 0.6 is 23.2 Å². The zero-order chi connectivity index (χ0) is 29.1. The van der Waals surface area contributed by atoms with Crippen molar-refractivity contribution < 1.29 is 38.4 Å². The number of aliphatic hydroxyl groups excluding tert-OH is 1. The Kier molecular flexibility index (Phi) is 8.56. The van der Waals surface area contributed by atoms with E-state index in [1.807, 2.05) is 0 Å². The molecule has 1 aliphatic heterocycles. The molecule has 4 rings (SSSR count). The molecule has 1 amide bonds. The molecule has 3 aromatic rings. The summed E-state index contributed by atoms with van der Waals surface area (Å²) in [6.07, 6.45) is 0. The Morgan fingerprint density at radius 2 is 1.60 bits per heavy atom. The Hall–Kier alpha value is -4.21. The minimum Gasteiger partial charge on any atom is -0.507 e. The lowest BCUT2D eigenvalue weighted by atomic mass is 9.94. The number of carbonyl (C=O) groups excluding carboxylic acids is 3. The summed E-state index contributed by atoms with van der Waals surface area (Å²) < 4.78 is 20.8. The molecule has 0 aliphatic carbocycles. The largest absolute Gasteiger partial charge is 0.507 e. The zero-order valence-corrected chi connectivity index (χ0v) is 23.5. The van der Waals surface area contributed by atoms with Crippen LogP contribution in [0, 0.1) is 0 Å². The summed E-state index contributed by atoms with van der Waals surface area (Å²) in [5.41, 5.74) is 1.29. The van der Waals surface area contributed by atoms with Crippen molar-refractivity contribution in [1.29, 1.82) is 0 Å². The number of hydrogen-bond donors (Lipinski definition) is 1. The fourth-order valence-electron chi connectivity index (χ4n) is 4.55. The summed E-state index contributed by atoms with van der Waals surface area (Å²) in [5.74, 6) is -2.17. The first kappa shape index (κ1) is 28.8. The van der Waals surface area contributed by atoms with Crippen LogP contribution < -0.4 is 14.2 Å². The van der Waals surface area contributed by atoms with Gasteiger partial charge in [0.15, 0.2) is 11.5 Å². The van der Waals surface area contributed by atoms with Gasteiger partial charge in [0.05, 0.1) is 56.2 Å². The molecule has 1 unspecified atom stereocenters. The van der Waals surface area contributed by atoms with Gasteiger partial charge in [0, 0.05) is 6.54 Å². The molecule has 3 aromatic carbocycles. The average molecular weight is 586 g/mol. The van der Waals surface area contributed by atoms with Gasteiger partial charge in [0.2, 0.25) is 0 Å². The minimum absolute atomic E-state index is 0.00614. The van der Waals surface area contributed by atoms with Crippen LogP contribution in [-0.4, -0.2) is 56.1 Å². The van der Waals surface area contributed by atoms with Crippen LogP contribution in [0.3, 0.4) is 0 Å². The van der Waals surface area contributed by atoms with Crippen molar-refractivity contribution in [2.75, 3.05) is 28.4 Å². The van der Waals surface area contributed by atoms with E-state index in [1.165, 1.54) is 39.4 Å². The van der Waals surface area contributed by atoms with E-state index in [-0.39, 0.29) is 39.2 Å². The maximum absolute atomic E-state index is 13.5. The van der Waals surface area contributed by atoms with E-state index >= 15 is 0 Å². The van der Waals surface area contributed by atoms with Crippen molar-refractivity contribution in [2.45, 2.75) is 12.6 Å². The molecule has 9 nitrogen and oxygen atoms in total. The van der Waals surface area contributed by atoms with Gasteiger partial charge in [0.1, 0.15) is 16.5 Å². The van der Waals surface area contributed by atoms with Gasteiger partial charge in [-0.3, -0.25) is 9.59 Å². The number of nitrogens with zero attached hydrogens (tertiary/aromatic N) is 1. The number of hydrogen-bond acceptors (Lipinski definition) is 8. The van der Waals surface area contributed by atoms with E-state index in [0.717, 1.165) is 0 Å². The smallest absolute Gasteiger partial charge is 0.337 e. The molecule has 1 saturated heterocycles. The molecule has 40 heavy (non-hydrogen) atoms. The van der Waals surface area contributed by atoms with Gasteiger partial charge in [-0.1, -0.05) is 47.5 Å². The van der Waals surface area contributed by atoms with Crippen LogP contribution in [-0.2, 0) is 20.9 Å². The lowest BCUT2D eigenvalue weighted by Crippen LogP contribution is -2.29. The lowest BCUT2D eigenvalue weighted by molar-refractivity contribution is -0.140. The minimum atomic E-state index is -1.01. The molecular formula is C29H25Cl2NO8. The molecule has 0 aromatic heterocycles. The predicted molar refractivity (Wildman–Crippen MR) is 148 cm³/mol. The molecule has 1 fully saturated rings. The van der Waals surface area contributed by atoms with Crippen molar-refractivity contribution in [3.05, 3.63) is 92.5 Å². The quantitative estimate of drug-likeness (QED) is 0.161. The standard InChI is InChI=1S/C29H25Cl2NO8/c1-37-18-7-5-6-17(12-18)23-21(24(33)19-13-20(30)27(39-3)22(31)26(19)38-2)25(34)28(35)32(23)14-15-8-10-16(11-9-15)29(36)40-4/h5-13,23,33H,14H2,1-4H3/b24-21+. The Morgan fingerprint density at radius 1 is 0.925 bits per heavy atom. The van der Waals surface area contributed by atoms with Crippen LogP contribution in [0.5, 0.6) is 17.2 Å². The summed E-state index contributed by atoms with van der Waals surface area (Å²) in [5, 5.41) is 11.6. The van der Waals surface area contributed by atoms with Crippen molar-refractivity contribution in [1.82, 2.24) is 4.90 Å². The number of esters is 1. The number of halogens is 2. The average Bonchev–Trinajstić information content (AvgIpc) is 3.21. The summed E-state index contributed by atoms with van der Waals surface area (Å²) in [6, 6.07) is 13.6. The van der Waals surface area contributed by atoms with Crippen LogP contribution in [0.4, 0.5) is 0 Å². The maximum Gasteiger partial charge on any atom is 0.337 e. The Morgan fingerprint density at radius 3 is 2.20 bits per heavy atom. The highest BCUT2D eigenvalue weighted by atomic mass is 35.5. The molecule has 0 saturated carbocycles. The number of benzene rings is 3. The van der Waals surface area contributed by atoms with E-state index in [4.69, 9.17) is 42.1 Å². The van der Waals surface area contributed by atoms with Gasteiger partial charge >= 0.3 is 5.97 Å². The van der Waals surface area contributed by atoms with E-state index in [1.54, 1.807) is 48.5 Å². The zero-order valence-electron chi connectivity index (χ0n) is 22.0. The Balaban J connectivity index is 1.90. The SMILES string of the molecule is COC(=O)c1ccc(CN2C(=O)C(=O)/C(=C(/O)c3cc(Cl)c(OC)c(Cl)c3OC)C2c2cccc(OC)c2)cc1. The van der Waals surface area contributed by atoms with Crippen molar-refractivity contribution in [3.63, 3.8) is 0 Å². The van der Waals surface area contributed by atoms with E-state index in [9.17, 15) is 19.5 Å². The van der Waals surface area contributed by atoms with E-state index in [0.29, 0.717) is 22.4 Å². The monoisotopic (exact) mass is 585 g/mol. The first-order valence-electron chi connectivity index (χ1n) is 11.9. The number of aliphatic hydroxyl groups is 1. The third kappa shape index (κ3) is 5.17. The van der Waals surface area contributed by atoms with Gasteiger partial charge < -0.3 is 29.0 Å². The Bertz CT molecular complexity index is 1520. The third-order valence-electron chi connectivity index (χ3n) is 6.47. The summed E-state index contributed by atoms with van der Waals surface area (Å²) in [6.45, 7) is -0.00799. The van der Waals surface area contributed by atoms with Crippen molar-refractivity contribution >= 4 is 46.6 Å².